The average molecular weight is 396 g/mol. The maximum absolute atomic E-state index is 12.2. The minimum absolute atomic E-state index is 0.0627. The van der Waals surface area contributed by atoms with Gasteiger partial charge >= 0.3 is 0 Å². The summed E-state index contributed by atoms with van der Waals surface area (Å²) in [4.78, 5) is 14.5. The smallest absolute Gasteiger partial charge is 0.271 e. The zero-order valence-electron chi connectivity index (χ0n) is 17.0. The Bertz CT molecular complexity index is 959. The van der Waals surface area contributed by atoms with E-state index in [0.29, 0.717) is 10.6 Å². The molecule has 1 N–H and O–H groups in total. The molecule has 1 amide bonds. The van der Waals surface area contributed by atoms with E-state index in [2.05, 4.69) is 49.2 Å². The summed E-state index contributed by atoms with van der Waals surface area (Å²) in [6, 6.07) is 11.4. The van der Waals surface area contributed by atoms with Crippen LogP contribution in [0, 0.1) is 6.92 Å². The topological polar surface area (TPSA) is 44.7 Å². The maximum atomic E-state index is 12.2. The van der Waals surface area contributed by atoms with Crippen LogP contribution in [0.3, 0.4) is 0 Å². The van der Waals surface area contributed by atoms with Gasteiger partial charge in [-0.2, -0.15) is 5.10 Å². The number of benzene rings is 2. The van der Waals surface area contributed by atoms with Crippen molar-refractivity contribution in [2.75, 3.05) is 11.4 Å². The molecule has 3 rings (SSSR count). The van der Waals surface area contributed by atoms with Crippen molar-refractivity contribution in [3.05, 3.63) is 69.8 Å². The van der Waals surface area contributed by atoms with Gasteiger partial charge in [-0.1, -0.05) is 35.4 Å². The first kappa shape index (κ1) is 20.2. The number of carbonyl (C=O) groups excluding carboxylic acids is 1. The Balaban J connectivity index is 1.84. The fraction of sp³-hybridized carbons (Fsp3) is 0.304. The van der Waals surface area contributed by atoms with Gasteiger partial charge in [0.05, 0.1) is 16.8 Å². The summed E-state index contributed by atoms with van der Waals surface area (Å²) in [5.74, 6) is -0.250. The van der Waals surface area contributed by atoms with Crippen molar-refractivity contribution >= 4 is 35.0 Å². The molecule has 0 aliphatic carbocycles. The molecule has 2 aromatic carbocycles. The van der Waals surface area contributed by atoms with Crippen molar-refractivity contribution in [3.63, 3.8) is 0 Å². The summed E-state index contributed by atoms with van der Waals surface area (Å²) in [6.07, 6.45) is 3.87. The van der Waals surface area contributed by atoms with Crippen molar-refractivity contribution in [3.8, 4) is 0 Å². The second-order valence-corrected chi connectivity index (χ2v) is 8.09. The van der Waals surface area contributed by atoms with Crippen LogP contribution in [0.25, 0.3) is 5.57 Å². The number of hydrogen-bond donors (Lipinski definition) is 1. The van der Waals surface area contributed by atoms with Crippen LogP contribution in [0.15, 0.2) is 47.6 Å². The molecule has 0 saturated heterocycles. The average Bonchev–Trinajstić information content (AvgIpc) is 2.62. The Hall–Kier alpha value is -2.59. The Labute approximate surface area is 171 Å². The van der Waals surface area contributed by atoms with Gasteiger partial charge in [-0.05, 0) is 64.5 Å². The Kier molecular flexibility index (Phi) is 5.61. The van der Waals surface area contributed by atoms with Crippen molar-refractivity contribution in [2.45, 2.75) is 40.2 Å². The number of rotatable bonds is 4. The fourth-order valence-corrected chi connectivity index (χ4v) is 3.93. The molecule has 4 nitrogen and oxygen atoms in total. The lowest BCUT2D eigenvalue weighted by Gasteiger charge is -2.43. The molecule has 5 heteroatoms. The van der Waals surface area contributed by atoms with Crippen LogP contribution in [-0.2, 0) is 0 Å². The molecule has 0 fully saturated rings. The Morgan fingerprint density at radius 2 is 1.89 bits per heavy atom. The molecule has 2 aromatic rings. The van der Waals surface area contributed by atoms with E-state index in [4.69, 9.17) is 11.6 Å². The molecule has 0 spiro atoms. The number of amides is 1. The lowest BCUT2D eigenvalue weighted by molar-refractivity contribution is 0.0955. The predicted molar refractivity (Wildman–Crippen MR) is 118 cm³/mol. The molecule has 0 radical (unpaired) electrons. The molecule has 28 heavy (non-hydrogen) atoms. The molecule has 0 aromatic heterocycles. The second-order valence-electron chi connectivity index (χ2n) is 7.68. The van der Waals surface area contributed by atoms with Gasteiger partial charge in [-0.15, -0.1) is 0 Å². The first-order valence-electron chi connectivity index (χ1n) is 9.44. The van der Waals surface area contributed by atoms with Gasteiger partial charge in [0.2, 0.25) is 0 Å². The highest BCUT2D eigenvalue weighted by Gasteiger charge is 2.30. The number of likely N-dealkylation sites (N-methyl/N-ethyl adjacent to an activating group) is 1. The van der Waals surface area contributed by atoms with Crippen LogP contribution in [0.1, 0.15) is 54.7 Å². The first-order valence-corrected chi connectivity index (χ1v) is 9.82. The quantitative estimate of drug-likeness (QED) is 0.553. The van der Waals surface area contributed by atoms with E-state index >= 15 is 0 Å². The van der Waals surface area contributed by atoms with Gasteiger partial charge in [0.25, 0.3) is 5.91 Å². The molecule has 146 valence electrons. The SMILES string of the molecule is CCN1c2cc(Cl)c(/C=N\NC(=O)c3ccc(C)cc3)cc2C(C)=CC1(C)C. The number of allylic oxidation sites excluding steroid dienone is 1. The van der Waals surface area contributed by atoms with Crippen LogP contribution in [-0.4, -0.2) is 24.2 Å². The number of aryl methyl sites for hydroxylation is 1. The molecule has 1 heterocycles. The minimum Gasteiger partial charge on any atom is -0.363 e. The van der Waals surface area contributed by atoms with E-state index in [1.165, 1.54) is 5.57 Å². The Morgan fingerprint density at radius 3 is 2.54 bits per heavy atom. The highest BCUT2D eigenvalue weighted by Crippen LogP contribution is 2.40. The van der Waals surface area contributed by atoms with Gasteiger partial charge in [0.15, 0.2) is 0 Å². The molecule has 0 bridgehead atoms. The van der Waals surface area contributed by atoms with Crippen molar-refractivity contribution in [2.24, 2.45) is 5.10 Å². The standard InChI is InChI=1S/C23H26ClN3O/c1-6-27-21-12-20(24)18(11-19(21)16(3)13-23(27,4)5)14-25-26-22(28)17-9-7-15(2)8-10-17/h7-14H,6H2,1-5H3,(H,26,28)/b25-14-. The van der Waals surface area contributed by atoms with Gasteiger partial charge in [-0.3, -0.25) is 4.79 Å². The highest BCUT2D eigenvalue weighted by molar-refractivity contribution is 6.33. The Morgan fingerprint density at radius 1 is 1.21 bits per heavy atom. The summed E-state index contributed by atoms with van der Waals surface area (Å²) in [5.41, 5.74) is 8.42. The van der Waals surface area contributed by atoms with E-state index in [1.807, 2.05) is 31.2 Å². The normalized spacial score (nSPS) is 15.4. The van der Waals surface area contributed by atoms with Gasteiger partial charge in [-0.25, -0.2) is 5.43 Å². The van der Waals surface area contributed by atoms with E-state index in [-0.39, 0.29) is 11.4 Å². The molecular formula is C23H26ClN3O. The van der Waals surface area contributed by atoms with E-state index in [0.717, 1.165) is 28.9 Å². The summed E-state index contributed by atoms with van der Waals surface area (Å²) >= 11 is 6.52. The lowest BCUT2D eigenvalue weighted by atomic mass is 9.88. The molecule has 0 saturated carbocycles. The number of nitrogens with zero attached hydrogens (tertiary/aromatic N) is 2. The molecule has 1 aliphatic heterocycles. The molecular weight excluding hydrogens is 370 g/mol. The summed E-state index contributed by atoms with van der Waals surface area (Å²) in [6.45, 7) is 11.5. The van der Waals surface area contributed by atoms with Gasteiger partial charge < -0.3 is 4.90 Å². The number of carbonyl (C=O) groups is 1. The number of halogens is 1. The largest absolute Gasteiger partial charge is 0.363 e. The highest BCUT2D eigenvalue weighted by atomic mass is 35.5. The van der Waals surface area contributed by atoms with Crippen LogP contribution < -0.4 is 10.3 Å². The minimum atomic E-state index is -0.250. The summed E-state index contributed by atoms with van der Waals surface area (Å²) in [5, 5.41) is 4.71. The third-order valence-corrected chi connectivity index (χ3v) is 5.42. The second kappa shape index (κ2) is 7.80. The van der Waals surface area contributed by atoms with Crippen LogP contribution in [0.5, 0.6) is 0 Å². The lowest BCUT2D eigenvalue weighted by Crippen LogP contribution is -2.44. The fourth-order valence-electron chi connectivity index (χ4n) is 3.72. The predicted octanol–water partition coefficient (Wildman–Crippen LogP) is 5.43. The molecule has 0 atom stereocenters. The number of hydrogen-bond acceptors (Lipinski definition) is 3. The molecule has 1 aliphatic rings. The molecule has 0 unspecified atom stereocenters. The zero-order chi connectivity index (χ0) is 20.5. The first-order chi connectivity index (χ1) is 13.2. The van der Waals surface area contributed by atoms with Crippen LogP contribution >= 0.6 is 11.6 Å². The summed E-state index contributed by atoms with van der Waals surface area (Å²) in [7, 11) is 0. The zero-order valence-corrected chi connectivity index (χ0v) is 17.8. The van der Waals surface area contributed by atoms with Gasteiger partial charge in [0.1, 0.15) is 0 Å². The number of nitrogens with one attached hydrogen (secondary N) is 1. The van der Waals surface area contributed by atoms with Crippen LogP contribution in [0.2, 0.25) is 5.02 Å². The number of anilines is 1. The van der Waals surface area contributed by atoms with Crippen molar-refractivity contribution in [1.29, 1.82) is 0 Å². The van der Waals surface area contributed by atoms with E-state index < -0.39 is 0 Å². The monoisotopic (exact) mass is 395 g/mol. The van der Waals surface area contributed by atoms with Crippen molar-refractivity contribution in [1.82, 2.24) is 5.43 Å². The van der Waals surface area contributed by atoms with Gasteiger partial charge in [0, 0.05) is 28.9 Å². The van der Waals surface area contributed by atoms with E-state index in [9.17, 15) is 4.79 Å². The van der Waals surface area contributed by atoms with E-state index in [1.54, 1.807) is 18.3 Å². The number of fused-ring (bicyclic) bond motifs is 1. The summed E-state index contributed by atoms with van der Waals surface area (Å²) < 4.78 is 0. The third kappa shape index (κ3) is 3.97. The number of hydrazone groups is 1. The van der Waals surface area contributed by atoms with Crippen molar-refractivity contribution < 1.29 is 4.79 Å². The third-order valence-electron chi connectivity index (χ3n) is 5.10. The van der Waals surface area contributed by atoms with Crippen LogP contribution in [0.4, 0.5) is 5.69 Å². The maximum Gasteiger partial charge on any atom is 0.271 e.